The van der Waals surface area contributed by atoms with E-state index < -0.39 is 17.2 Å². The van der Waals surface area contributed by atoms with E-state index in [0.29, 0.717) is 12.5 Å². The van der Waals surface area contributed by atoms with Crippen LogP contribution < -0.4 is 10.1 Å². The van der Waals surface area contributed by atoms with E-state index in [-0.39, 0.29) is 17.6 Å². The third-order valence-electron chi connectivity index (χ3n) is 3.73. The molecule has 3 nitrogen and oxygen atoms in total. The third-order valence-corrected chi connectivity index (χ3v) is 3.73. The summed E-state index contributed by atoms with van der Waals surface area (Å²) in [6.45, 7) is 9.97. The quantitative estimate of drug-likeness (QED) is 0.828. The van der Waals surface area contributed by atoms with Crippen LogP contribution in [0.5, 0.6) is 5.75 Å². The first-order valence-corrected chi connectivity index (χ1v) is 7.58. The van der Waals surface area contributed by atoms with Gasteiger partial charge < -0.3 is 10.1 Å². The van der Waals surface area contributed by atoms with E-state index in [1.165, 1.54) is 0 Å². The van der Waals surface area contributed by atoms with Crippen molar-refractivity contribution in [3.8, 4) is 5.75 Å². The summed E-state index contributed by atoms with van der Waals surface area (Å²) < 4.78 is 32.2. The molecule has 0 aliphatic carbocycles. The molecule has 1 unspecified atom stereocenters. The molecule has 1 rings (SSSR count). The fourth-order valence-electron chi connectivity index (χ4n) is 1.91. The zero-order chi connectivity index (χ0) is 16.9. The van der Waals surface area contributed by atoms with Crippen molar-refractivity contribution < 1.29 is 18.3 Å². The lowest BCUT2D eigenvalue weighted by Crippen LogP contribution is -2.53. The molecule has 1 aromatic carbocycles. The zero-order valence-corrected chi connectivity index (χ0v) is 13.9. The monoisotopic (exact) mass is 313 g/mol. The molecule has 0 fully saturated rings. The van der Waals surface area contributed by atoms with Crippen LogP contribution in [0.2, 0.25) is 0 Å². The maximum Gasteiger partial charge on any atom is 0.264 e. The van der Waals surface area contributed by atoms with Crippen LogP contribution in [-0.2, 0) is 4.79 Å². The lowest BCUT2D eigenvalue weighted by atomic mass is 9.91. The van der Waals surface area contributed by atoms with Crippen molar-refractivity contribution in [3.05, 3.63) is 29.8 Å². The molecular weight excluding hydrogens is 288 g/mol. The number of nitrogens with one attached hydrogen (secondary N) is 1. The van der Waals surface area contributed by atoms with E-state index in [0.717, 1.165) is 24.6 Å². The van der Waals surface area contributed by atoms with E-state index in [9.17, 15) is 13.6 Å². The Morgan fingerprint density at radius 1 is 1.18 bits per heavy atom. The highest BCUT2D eigenvalue weighted by atomic mass is 19.1. The first-order valence-electron chi connectivity index (χ1n) is 7.58. The maximum atomic E-state index is 13.3. The van der Waals surface area contributed by atoms with E-state index in [1.54, 1.807) is 6.92 Å². The number of hydrogen-bond acceptors (Lipinski definition) is 2. The number of amides is 1. The molecule has 0 aromatic heterocycles. The Hall–Kier alpha value is -1.65. The highest BCUT2D eigenvalue weighted by molar-refractivity contribution is 5.85. The average molecular weight is 313 g/mol. The minimum atomic E-state index is -1.20. The largest absolute Gasteiger partial charge is 0.477 e. The molecule has 124 valence electrons. The van der Waals surface area contributed by atoms with Crippen molar-refractivity contribution in [2.24, 2.45) is 11.8 Å². The van der Waals surface area contributed by atoms with Gasteiger partial charge in [-0.15, -0.1) is 0 Å². The Bertz CT molecular complexity index is 497. The molecule has 0 aliphatic rings. The molecule has 1 N–H and O–H groups in total. The van der Waals surface area contributed by atoms with E-state index in [1.807, 2.05) is 13.8 Å². The summed E-state index contributed by atoms with van der Waals surface area (Å²) in [6, 6.07) is 2.92. The van der Waals surface area contributed by atoms with Gasteiger partial charge in [0.05, 0.1) is 0 Å². The Morgan fingerprint density at radius 3 is 2.18 bits per heavy atom. The number of hydrogen-bond donors (Lipinski definition) is 1. The molecule has 0 bridgehead atoms. The standard InChI is InChI=1S/C17H25F2NO2/c1-11(2)6-7-20-16(21)17(5,12(3)4)22-15-9-13(18)8-14(19)10-15/h8-12H,6-7H2,1-5H3,(H,20,21). The van der Waals surface area contributed by atoms with E-state index >= 15 is 0 Å². The van der Waals surface area contributed by atoms with Crippen molar-refractivity contribution in [2.45, 2.75) is 46.6 Å². The smallest absolute Gasteiger partial charge is 0.264 e. The molecule has 1 aromatic rings. The first-order chi connectivity index (χ1) is 10.1. The summed E-state index contributed by atoms with van der Waals surface area (Å²) in [5.74, 6) is -1.44. The van der Waals surface area contributed by atoms with Gasteiger partial charge in [0.1, 0.15) is 17.4 Å². The first kappa shape index (κ1) is 18.4. The molecule has 0 aliphatic heterocycles. The second kappa shape index (κ2) is 7.56. The fraction of sp³-hybridized carbons (Fsp3) is 0.588. The normalized spacial score (nSPS) is 14.0. The maximum absolute atomic E-state index is 13.3. The van der Waals surface area contributed by atoms with Crippen LogP contribution in [0.4, 0.5) is 8.78 Å². The SMILES string of the molecule is CC(C)CCNC(=O)C(C)(Oc1cc(F)cc(F)c1)C(C)C. The number of ether oxygens (including phenoxy) is 1. The summed E-state index contributed by atoms with van der Waals surface area (Å²) in [6.07, 6.45) is 0.856. The Morgan fingerprint density at radius 2 is 1.73 bits per heavy atom. The third kappa shape index (κ3) is 4.97. The lowest BCUT2D eigenvalue weighted by molar-refractivity contribution is -0.139. The summed E-state index contributed by atoms with van der Waals surface area (Å²) in [5.41, 5.74) is -1.20. The van der Waals surface area contributed by atoms with Crippen molar-refractivity contribution in [3.63, 3.8) is 0 Å². The van der Waals surface area contributed by atoms with Crippen LogP contribution >= 0.6 is 0 Å². The van der Waals surface area contributed by atoms with Gasteiger partial charge >= 0.3 is 0 Å². The second-order valence-electron chi connectivity index (χ2n) is 6.41. The predicted octanol–water partition coefficient (Wildman–Crippen LogP) is 3.92. The summed E-state index contributed by atoms with van der Waals surface area (Å²) in [4.78, 5) is 12.4. The molecule has 0 radical (unpaired) electrons. The molecule has 1 amide bonds. The molecule has 0 heterocycles. The molecular formula is C17H25F2NO2. The molecule has 22 heavy (non-hydrogen) atoms. The summed E-state index contributed by atoms with van der Waals surface area (Å²) in [7, 11) is 0. The number of benzene rings is 1. The molecule has 1 atom stereocenters. The van der Waals surface area contributed by atoms with Crippen LogP contribution in [-0.4, -0.2) is 18.1 Å². The molecule has 5 heteroatoms. The second-order valence-corrected chi connectivity index (χ2v) is 6.41. The van der Waals surface area contributed by atoms with Crippen molar-refractivity contribution in [1.82, 2.24) is 5.32 Å². The Labute approximate surface area is 131 Å². The van der Waals surface area contributed by atoms with Gasteiger partial charge in [0.2, 0.25) is 0 Å². The van der Waals surface area contributed by atoms with Gasteiger partial charge in [0, 0.05) is 30.7 Å². The number of carbonyl (C=O) groups is 1. The number of rotatable bonds is 7. The van der Waals surface area contributed by atoms with Crippen LogP contribution in [0.25, 0.3) is 0 Å². The van der Waals surface area contributed by atoms with Gasteiger partial charge in [-0.25, -0.2) is 8.78 Å². The van der Waals surface area contributed by atoms with Gasteiger partial charge in [-0.2, -0.15) is 0 Å². The highest BCUT2D eigenvalue weighted by Crippen LogP contribution is 2.27. The summed E-state index contributed by atoms with van der Waals surface area (Å²) >= 11 is 0. The van der Waals surface area contributed by atoms with Gasteiger partial charge in [-0.1, -0.05) is 27.7 Å². The van der Waals surface area contributed by atoms with Crippen molar-refractivity contribution in [1.29, 1.82) is 0 Å². The van der Waals surface area contributed by atoms with E-state index in [2.05, 4.69) is 19.2 Å². The number of halogens is 2. The minimum Gasteiger partial charge on any atom is -0.477 e. The Kier molecular flexibility index (Phi) is 6.33. The van der Waals surface area contributed by atoms with Gasteiger partial charge in [0.25, 0.3) is 5.91 Å². The average Bonchev–Trinajstić information content (AvgIpc) is 2.36. The van der Waals surface area contributed by atoms with Crippen molar-refractivity contribution >= 4 is 5.91 Å². The topological polar surface area (TPSA) is 38.3 Å². The van der Waals surface area contributed by atoms with E-state index in [4.69, 9.17) is 4.74 Å². The van der Waals surface area contributed by atoms with Crippen molar-refractivity contribution in [2.75, 3.05) is 6.54 Å². The van der Waals surface area contributed by atoms with Gasteiger partial charge in [0.15, 0.2) is 5.60 Å². The highest BCUT2D eigenvalue weighted by Gasteiger charge is 2.39. The zero-order valence-electron chi connectivity index (χ0n) is 13.9. The van der Waals surface area contributed by atoms with Crippen LogP contribution in [0.15, 0.2) is 18.2 Å². The van der Waals surface area contributed by atoms with Crippen LogP contribution in [0.3, 0.4) is 0 Å². The summed E-state index contributed by atoms with van der Waals surface area (Å²) in [5, 5.41) is 2.83. The van der Waals surface area contributed by atoms with Gasteiger partial charge in [-0.3, -0.25) is 4.79 Å². The fourth-order valence-corrected chi connectivity index (χ4v) is 1.91. The molecule has 0 saturated carbocycles. The van der Waals surface area contributed by atoms with Gasteiger partial charge in [-0.05, 0) is 19.3 Å². The molecule has 0 saturated heterocycles. The minimum absolute atomic E-state index is 0.00714. The van der Waals surface area contributed by atoms with Crippen LogP contribution in [0, 0.1) is 23.5 Å². The lowest BCUT2D eigenvalue weighted by Gasteiger charge is -2.33. The number of carbonyl (C=O) groups excluding carboxylic acids is 1. The predicted molar refractivity (Wildman–Crippen MR) is 82.7 cm³/mol. The van der Waals surface area contributed by atoms with Crippen LogP contribution in [0.1, 0.15) is 41.0 Å². The Balaban J connectivity index is 2.88. The molecule has 0 spiro atoms.